The highest BCUT2D eigenvalue weighted by atomic mass is 16.5. The number of pyridine rings is 1. The summed E-state index contributed by atoms with van der Waals surface area (Å²) in [4.78, 5) is 4.34. The van der Waals surface area contributed by atoms with E-state index in [4.69, 9.17) is 4.52 Å². The van der Waals surface area contributed by atoms with Crippen molar-refractivity contribution >= 4 is 0 Å². The fourth-order valence-corrected chi connectivity index (χ4v) is 1.46. The SMILES string of the molecule is CCCc1ncccc1-c1ccon1. The maximum Gasteiger partial charge on any atom is 0.124 e. The molecule has 72 valence electrons. The summed E-state index contributed by atoms with van der Waals surface area (Å²) in [5.41, 5.74) is 3.02. The lowest BCUT2D eigenvalue weighted by molar-refractivity contribution is 0.422. The van der Waals surface area contributed by atoms with Gasteiger partial charge in [0.05, 0.1) is 0 Å². The average Bonchev–Trinajstić information content (AvgIpc) is 2.72. The molecule has 2 aromatic rings. The van der Waals surface area contributed by atoms with Crippen LogP contribution >= 0.6 is 0 Å². The first-order valence-electron chi connectivity index (χ1n) is 4.76. The van der Waals surface area contributed by atoms with E-state index in [1.54, 1.807) is 6.26 Å². The van der Waals surface area contributed by atoms with Crippen molar-refractivity contribution in [1.29, 1.82) is 0 Å². The molecule has 0 bridgehead atoms. The third kappa shape index (κ3) is 1.66. The van der Waals surface area contributed by atoms with Crippen LogP contribution in [0, 0.1) is 0 Å². The molecule has 3 heteroatoms. The zero-order valence-corrected chi connectivity index (χ0v) is 8.10. The lowest BCUT2D eigenvalue weighted by Gasteiger charge is -2.03. The molecule has 0 aromatic carbocycles. The van der Waals surface area contributed by atoms with E-state index < -0.39 is 0 Å². The van der Waals surface area contributed by atoms with Gasteiger partial charge in [-0.3, -0.25) is 4.98 Å². The van der Waals surface area contributed by atoms with Crippen molar-refractivity contribution in [2.45, 2.75) is 19.8 Å². The summed E-state index contributed by atoms with van der Waals surface area (Å²) in [5.74, 6) is 0. The predicted molar refractivity (Wildman–Crippen MR) is 53.7 cm³/mol. The first kappa shape index (κ1) is 8.94. The van der Waals surface area contributed by atoms with Crippen LogP contribution in [0.4, 0.5) is 0 Å². The largest absolute Gasteiger partial charge is 0.364 e. The summed E-state index contributed by atoms with van der Waals surface area (Å²) in [5, 5.41) is 3.91. The van der Waals surface area contributed by atoms with Crippen LogP contribution in [-0.2, 0) is 6.42 Å². The molecule has 0 aliphatic carbocycles. The lowest BCUT2D eigenvalue weighted by atomic mass is 10.1. The van der Waals surface area contributed by atoms with Gasteiger partial charge in [0, 0.05) is 23.5 Å². The van der Waals surface area contributed by atoms with Gasteiger partial charge in [0.15, 0.2) is 0 Å². The Labute approximate surface area is 82.8 Å². The second-order valence-electron chi connectivity index (χ2n) is 3.13. The van der Waals surface area contributed by atoms with Crippen LogP contribution in [-0.4, -0.2) is 10.1 Å². The van der Waals surface area contributed by atoms with Crippen LogP contribution in [0.25, 0.3) is 11.3 Å². The second kappa shape index (κ2) is 4.05. The third-order valence-electron chi connectivity index (χ3n) is 2.09. The van der Waals surface area contributed by atoms with Crippen molar-refractivity contribution in [2.75, 3.05) is 0 Å². The highest BCUT2D eigenvalue weighted by Crippen LogP contribution is 2.20. The Balaban J connectivity index is 2.42. The van der Waals surface area contributed by atoms with E-state index in [2.05, 4.69) is 17.1 Å². The normalized spacial score (nSPS) is 10.4. The highest BCUT2D eigenvalue weighted by molar-refractivity contribution is 5.60. The number of hydrogen-bond acceptors (Lipinski definition) is 3. The summed E-state index contributed by atoms with van der Waals surface area (Å²) >= 11 is 0. The van der Waals surface area contributed by atoms with Crippen LogP contribution in [0.1, 0.15) is 19.0 Å². The molecule has 0 saturated heterocycles. The summed E-state index contributed by atoms with van der Waals surface area (Å²) in [7, 11) is 0. The molecule has 0 radical (unpaired) electrons. The van der Waals surface area contributed by atoms with Gasteiger partial charge in [-0.15, -0.1) is 0 Å². The van der Waals surface area contributed by atoms with Gasteiger partial charge in [-0.05, 0) is 18.6 Å². The van der Waals surface area contributed by atoms with Gasteiger partial charge < -0.3 is 4.52 Å². The fraction of sp³-hybridized carbons (Fsp3) is 0.273. The molecule has 0 spiro atoms. The zero-order valence-electron chi connectivity index (χ0n) is 8.10. The maximum absolute atomic E-state index is 4.82. The Morgan fingerprint density at radius 1 is 1.36 bits per heavy atom. The Kier molecular flexibility index (Phi) is 2.58. The quantitative estimate of drug-likeness (QED) is 0.743. The smallest absolute Gasteiger partial charge is 0.124 e. The van der Waals surface area contributed by atoms with Crippen molar-refractivity contribution in [3.05, 3.63) is 36.4 Å². The highest BCUT2D eigenvalue weighted by Gasteiger charge is 2.06. The third-order valence-corrected chi connectivity index (χ3v) is 2.09. The lowest BCUT2D eigenvalue weighted by Crippen LogP contribution is -1.92. The van der Waals surface area contributed by atoms with Gasteiger partial charge in [0.25, 0.3) is 0 Å². The zero-order chi connectivity index (χ0) is 9.80. The second-order valence-corrected chi connectivity index (χ2v) is 3.13. The molecule has 0 saturated carbocycles. The van der Waals surface area contributed by atoms with Crippen molar-refractivity contribution in [3.63, 3.8) is 0 Å². The standard InChI is InChI=1S/C11H12N2O/c1-2-4-10-9(5-3-7-12-10)11-6-8-14-13-11/h3,5-8H,2,4H2,1H3. The number of rotatable bonds is 3. The first-order valence-corrected chi connectivity index (χ1v) is 4.76. The van der Waals surface area contributed by atoms with E-state index in [-0.39, 0.29) is 0 Å². The van der Waals surface area contributed by atoms with Crippen molar-refractivity contribution in [1.82, 2.24) is 10.1 Å². The van der Waals surface area contributed by atoms with Crippen LogP contribution in [0.3, 0.4) is 0 Å². The van der Waals surface area contributed by atoms with Crippen molar-refractivity contribution in [3.8, 4) is 11.3 Å². The van der Waals surface area contributed by atoms with Crippen LogP contribution < -0.4 is 0 Å². The van der Waals surface area contributed by atoms with Gasteiger partial charge in [-0.25, -0.2) is 0 Å². The van der Waals surface area contributed by atoms with E-state index in [9.17, 15) is 0 Å². The molecule has 0 N–H and O–H groups in total. The summed E-state index contributed by atoms with van der Waals surface area (Å²) in [6.07, 6.45) is 5.46. The minimum absolute atomic E-state index is 0.863. The Morgan fingerprint density at radius 3 is 3.00 bits per heavy atom. The molecule has 0 amide bonds. The summed E-state index contributed by atoms with van der Waals surface area (Å²) in [6, 6.07) is 5.80. The molecule has 14 heavy (non-hydrogen) atoms. The number of hydrogen-bond donors (Lipinski definition) is 0. The fourth-order valence-electron chi connectivity index (χ4n) is 1.46. The Morgan fingerprint density at radius 2 is 2.29 bits per heavy atom. The molecule has 2 heterocycles. The molecule has 0 unspecified atom stereocenters. The monoisotopic (exact) mass is 188 g/mol. The summed E-state index contributed by atoms with van der Waals surface area (Å²) in [6.45, 7) is 2.14. The minimum atomic E-state index is 0.863. The molecular formula is C11H12N2O. The first-order chi connectivity index (χ1) is 6.92. The molecule has 0 atom stereocenters. The van der Waals surface area contributed by atoms with Crippen LogP contribution in [0.5, 0.6) is 0 Å². The number of aromatic nitrogens is 2. The Hall–Kier alpha value is -1.64. The van der Waals surface area contributed by atoms with Crippen molar-refractivity contribution < 1.29 is 4.52 Å². The molecule has 0 aliphatic rings. The van der Waals surface area contributed by atoms with Crippen LogP contribution in [0.15, 0.2) is 35.2 Å². The van der Waals surface area contributed by atoms with E-state index in [0.29, 0.717) is 0 Å². The molecular weight excluding hydrogens is 176 g/mol. The molecule has 0 aliphatic heterocycles. The van der Waals surface area contributed by atoms with E-state index >= 15 is 0 Å². The van der Waals surface area contributed by atoms with E-state index in [0.717, 1.165) is 29.8 Å². The molecule has 3 nitrogen and oxygen atoms in total. The summed E-state index contributed by atoms with van der Waals surface area (Å²) < 4.78 is 4.82. The van der Waals surface area contributed by atoms with Crippen molar-refractivity contribution in [2.24, 2.45) is 0 Å². The van der Waals surface area contributed by atoms with Gasteiger partial charge in [0.2, 0.25) is 0 Å². The van der Waals surface area contributed by atoms with Gasteiger partial charge in [-0.2, -0.15) is 0 Å². The average molecular weight is 188 g/mol. The van der Waals surface area contributed by atoms with E-state index in [1.807, 2.05) is 24.4 Å². The Bertz CT molecular complexity index is 395. The molecule has 2 aromatic heterocycles. The van der Waals surface area contributed by atoms with Gasteiger partial charge in [-0.1, -0.05) is 18.5 Å². The van der Waals surface area contributed by atoms with Gasteiger partial charge >= 0.3 is 0 Å². The topological polar surface area (TPSA) is 38.9 Å². The minimum Gasteiger partial charge on any atom is -0.364 e. The van der Waals surface area contributed by atoms with Crippen LogP contribution in [0.2, 0.25) is 0 Å². The van der Waals surface area contributed by atoms with E-state index in [1.165, 1.54) is 0 Å². The predicted octanol–water partition coefficient (Wildman–Crippen LogP) is 2.69. The molecule has 0 fully saturated rings. The van der Waals surface area contributed by atoms with Gasteiger partial charge in [0.1, 0.15) is 12.0 Å². The number of nitrogens with zero attached hydrogens (tertiary/aromatic N) is 2. The maximum atomic E-state index is 4.82. The molecule has 2 rings (SSSR count). The number of aryl methyl sites for hydroxylation is 1.